The van der Waals surface area contributed by atoms with E-state index in [0.29, 0.717) is 6.04 Å². The highest BCUT2D eigenvalue weighted by molar-refractivity contribution is 7.12. The molecule has 1 aliphatic carbocycles. The lowest BCUT2D eigenvalue weighted by Crippen LogP contribution is -2.20. The SMILES string of the molecule is CC(NCCc1ccc(F)cc1)c1cc2c(s1)CCCC2. The molecule has 112 valence electrons. The van der Waals surface area contributed by atoms with Gasteiger partial charge in [0.25, 0.3) is 0 Å². The molecular formula is C18H22FNS. The maximum Gasteiger partial charge on any atom is 0.123 e. The molecule has 1 nitrogen and oxygen atoms in total. The van der Waals surface area contributed by atoms with Crippen LogP contribution in [0.2, 0.25) is 0 Å². The summed E-state index contributed by atoms with van der Waals surface area (Å²) in [5.74, 6) is -0.163. The molecular weight excluding hydrogens is 281 g/mol. The highest BCUT2D eigenvalue weighted by Crippen LogP contribution is 2.32. The summed E-state index contributed by atoms with van der Waals surface area (Å²) in [7, 11) is 0. The van der Waals surface area contributed by atoms with Crippen LogP contribution in [0.25, 0.3) is 0 Å². The lowest BCUT2D eigenvalue weighted by molar-refractivity contribution is 0.583. The van der Waals surface area contributed by atoms with E-state index in [2.05, 4.69) is 18.3 Å². The summed E-state index contributed by atoms with van der Waals surface area (Å²) in [6.45, 7) is 3.16. The lowest BCUT2D eigenvalue weighted by atomic mass is 9.99. The Kier molecular flexibility index (Phi) is 4.71. The van der Waals surface area contributed by atoms with Crippen molar-refractivity contribution in [2.75, 3.05) is 6.54 Å². The van der Waals surface area contributed by atoms with Gasteiger partial charge < -0.3 is 5.32 Å². The van der Waals surface area contributed by atoms with Crippen LogP contribution in [0.5, 0.6) is 0 Å². The number of benzene rings is 1. The maximum absolute atomic E-state index is 12.9. The molecule has 0 saturated carbocycles. The average molecular weight is 303 g/mol. The van der Waals surface area contributed by atoms with Gasteiger partial charge in [0, 0.05) is 15.8 Å². The van der Waals surface area contributed by atoms with Gasteiger partial charge in [-0.15, -0.1) is 11.3 Å². The number of aryl methyl sites for hydroxylation is 2. The van der Waals surface area contributed by atoms with E-state index in [9.17, 15) is 4.39 Å². The van der Waals surface area contributed by atoms with Crippen molar-refractivity contribution >= 4 is 11.3 Å². The molecule has 1 aromatic heterocycles. The Bertz CT molecular complexity index is 564. The first-order valence-corrected chi connectivity index (χ1v) is 8.63. The minimum atomic E-state index is -0.163. The molecule has 0 radical (unpaired) electrons. The summed E-state index contributed by atoms with van der Waals surface area (Å²) in [5.41, 5.74) is 2.76. The molecule has 1 heterocycles. The standard InChI is InChI=1S/C18H22FNS/c1-13(18-12-15-4-2-3-5-17(15)21-18)20-11-10-14-6-8-16(19)9-7-14/h6-9,12-13,20H,2-5,10-11H2,1H3. The van der Waals surface area contributed by atoms with Crippen molar-refractivity contribution in [3.05, 3.63) is 57.0 Å². The van der Waals surface area contributed by atoms with Crippen LogP contribution in [-0.4, -0.2) is 6.54 Å². The molecule has 3 rings (SSSR count). The van der Waals surface area contributed by atoms with E-state index < -0.39 is 0 Å². The van der Waals surface area contributed by atoms with Gasteiger partial charge in [-0.05, 0) is 74.9 Å². The van der Waals surface area contributed by atoms with Crippen LogP contribution in [0, 0.1) is 5.82 Å². The van der Waals surface area contributed by atoms with Crippen molar-refractivity contribution in [2.24, 2.45) is 0 Å². The van der Waals surface area contributed by atoms with Crippen LogP contribution in [0.4, 0.5) is 4.39 Å². The molecule has 0 fully saturated rings. The van der Waals surface area contributed by atoms with Gasteiger partial charge in [0.2, 0.25) is 0 Å². The van der Waals surface area contributed by atoms with Crippen molar-refractivity contribution in [3.8, 4) is 0 Å². The van der Waals surface area contributed by atoms with Gasteiger partial charge in [-0.3, -0.25) is 0 Å². The van der Waals surface area contributed by atoms with Gasteiger partial charge >= 0.3 is 0 Å². The average Bonchev–Trinajstić information content (AvgIpc) is 2.93. The zero-order valence-electron chi connectivity index (χ0n) is 12.5. The van der Waals surface area contributed by atoms with Crippen LogP contribution in [0.1, 0.15) is 46.7 Å². The Morgan fingerprint density at radius 2 is 1.95 bits per heavy atom. The largest absolute Gasteiger partial charge is 0.309 e. The summed E-state index contributed by atoms with van der Waals surface area (Å²) in [6.07, 6.45) is 6.15. The van der Waals surface area contributed by atoms with Crippen LogP contribution in [0.15, 0.2) is 30.3 Å². The maximum atomic E-state index is 12.9. The second-order valence-electron chi connectivity index (χ2n) is 5.86. The molecule has 1 unspecified atom stereocenters. The molecule has 0 aliphatic heterocycles. The smallest absolute Gasteiger partial charge is 0.123 e. The van der Waals surface area contributed by atoms with E-state index in [0.717, 1.165) is 13.0 Å². The third-order valence-corrected chi connectivity index (χ3v) is 5.64. The molecule has 0 saturated heterocycles. The number of rotatable bonds is 5. The molecule has 21 heavy (non-hydrogen) atoms. The minimum Gasteiger partial charge on any atom is -0.309 e. The van der Waals surface area contributed by atoms with Gasteiger partial charge in [0.05, 0.1) is 0 Å². The molecule has 2 aromatic rings. The summed E-state index contributed by atoms with van der Waals surface area (Å²) < 4.78 is 12.9. The Morgan fingerprint density at radius 3 is 2.71 bits per heavy atom. The fourth-order valence-corrected chi connectivity index (χ4v) is 4.20. The van der Waals surface area contributed by atoms with Gasteiger partial charge in [0.1, 0.15) is 5.82 Å². The summed E-state index contributed by atoms with van der Waals surface area (Å²) in [5, 5.41) is 3.59. The summed E-state index contributed by atoms with van der Waals surface area (Å²) in [6, 6.07) is 9.60. The normalized spacial score (nSPS) is 15.7. The Morgan fingerprint density at radius 1 is 1.19 bits per heavy atom. The van der Waals surface area contributed by atoms with Gasteiger partial charge in [0.15, 0.2) is 0 Å². The Labute approximate surface area is 130 Å². The molecule has 1 atom stereocenters. The lowest BCUT2D eigenvalue weighted by Gasteiger charge is -2.12. The fourth-order valence-electron chi connectivity index (χ4n) is 2.91. The third kappa shape index (κ3) is 3.72. The molecule has 0 bridgehead atoms. The van der Waals surface area contributed by atoms with Gasteiger partial charge in [-0.25, -0.2) is 4.39 Å². The van der Waals surface area contributed by atoms with E-state index in [4.69, 9.17) is 0 Å². The predicted molar refractivity (Wildman–Crippen MR) is 87.5 cm³/mol. The summed E-state index contributed by atoms with van der Waals surface area (Å²) in [4.78, 5) is 3.06. The number of hydrogen-bond acceptors (Lipinski definition) is 2. The second kappa shape index (κ2) is 6.71. The van der Waals surface area contributed by atoms with Gasteiger partial charge in [-0.2, -0.15) is 0 Å². The minimum absolute atomic E-state index is 0.163. The highest BCUT2D eigenvalue weighted by Gasteiger charge is 2.16. The zero-order valence-corrected chi connectivity index (χ0v) is 13.3. The van der Waals surface area contributed by atoms with Crippen molar-refractivity contribution < 1.29 is 4.39 Å². The van der Waals surface area contributed by atoms with Gasteiger partial charge in [-0.1, -0.05) is 12.1 Å². The number of hydrogen-bond donors (Lipinski definition) is 1. The van der Waals surface area contributed by atoms with E-state index in [1.54, 1.807) is 10.4 Å². The molecule has 0 spiro atoms. The van der Waals surface area contributed by atoms with E-state index >= 15 is 0 Å². The van der Waals surface area contributed by atoms with Crippen LogP contribution >= 0.6 is 11.3 Å². The van der Waals surface area contributed by atoms with Crippen molar-refractivity contribution in [2.45, 2.75) is 45.1 Å². The van der Waals surface area contributed by atoms with E-state index in [-0.39, 0.29) is 5.82 Å². The number of nitrogens with one attached hydrogen (secondary N) is 1. The van der Waals surface area contributed by atoms with Crippen molar-refractivity contribution in [1.29, 1.82) is 0 Å². The fraction of sp³-hybridized carbons (Fsp3) is 0.444. The number of fused-ring (bicyclic) bond motifs is 1. The number of halogens is 1. The molecule has 1 aromatic carbocycles. The quantitative estimate of drug-likeness (QED) is 0.847. The van der Waals surface area contributed by atoms with Crippen molar-refractivity contribution in [3.63, 3.8) is 0 Å². The molecule has 0 amide bonds. The Balaban J connectivity index is 1.53. The van der Waals surface area contributed by atoms with Crippen LogP contribution < -0.4 is 5.32 Å². The van der Waals surface area contributed by atoms with E-state index in [1.807, 2.05) is 23.5 Å². The Hall–Kier alpha value is -1.19. The third-order valence-electron chi connectivity index (χ3n) is 4.22. The molecule has 1 N–H and O–H groups in total. The van der Waals surface area contributed by atoms with Crippen LogP contribution in [-0.2, 0) is 19.3 Å². The first-order chi connectivity index (χ1) is 10.2. The van der Waals surface area contributed by atoms with E-state index in [1.165, 1.54) is 48.3 Å². The molecule has 3 heteroatoms. The topological polar surface area (TPSA) is 12.0 Å². The molecule has 1 aliphatic rings. The monoisotopic (exact) mass is 303 g/mol. The first-order valence-electron chi connectivity index (χ1n) is 7.81. The predicted octanol–water partition coefficient (Wildman–Crippen LogP) is 4.66. The first kappa shape index (κ1) is 14.7. The summed E-state index contributed by atoms with van der Waals surface area (Å²) >= 11 is 1.98. The zero-order chi connectivity index (χ0) is 14.7. The number of thiophene rings is 1. The second-order valence-corrected chi connectivity index (χ2v) is 7.02. The van der Waals surface area contributed by atoms with Crippen molar-refractivity contribution in [1.82, 2.24) is 5.32 Å². The van der Waals surface area contributed by atoms with Crippen LogP contribution in [0.3, 0.4) is 0 Å². The highest BCUT2D eigenvalue weighted by atomic mass is 32.1.